The van der Waals surface area contributed by atoms with Crippen LogP contribution >= 0.6 is 0 Å². The first kappa shape index (κ1) is 17.3. The Labute approximate surface area is 146 Å². The summed E-state index contributed by atoms with van der Waals surface area (Å²) in [6.45, 7) is 2.81. The molecule has 24 heavy (non-hydrogen) atoms. The zero-order valence-electron chi connectivity index (χ0n) is 15.0. The molecule has 3 saturated heterocycles. The number of hydrogen-bond acceptors (Lipinski definition) is 4. The predicted molar refractivity (Wildman–Crippen MR) is 93.5 cm³/mol. The van der Waals surface area contributed by atoms with Crippen LogP contribution in [-0.4, -0.2) is 53.2 Å². The van der Waals surface area contributed by atoms with Gasteiger partial charge < -0.3 is 14.9 Å². The van der Waals surface area contributed by atoms with Gasteiger partial charge >= 0.3 is 0 Å². The summed E-state index contributed by atoms with van der Waals surface area (Å²) < 4.78 is 6.18. The smallest absolute Gasteiger partial charge is 0.154 e. The van der Waals surface area contributed by atoms with Gasteiger partial charge in [0.1, 0.15) is 0 Å². The molecule has 0 amide bonds. The van der Waals surface area contributed by atoms with Gasteiger partial charge in [-0.15, -0.1) is 0 Å². The van der Waals surface area contributed by atoms with Gasteiger partial charge in [-0.1, -0.05) is 19.3 Å². The average molecular weight is 338 g/mol. The molecule has 0 spiro atoms. The molecule has 0 aromatic rings. The lowest BCUT2D eigenvalue weighted by atomic mass is 9.56. The van der Waals surface area contributed by atoms with Gasteiger partial charge in [0.25, 0.3) is 0 Å². The predicted octanol–water partition coefficient (Wildman–Crippen LogP) is 2.92. The van der Waals surface area contributed by atoms with Crippen molar-refractivity contribution in [3.63, 3.8) is 0 Å². The summed E-state index contributed by atoms with van der Waals surface area (Å²) in [5, 5.41) is 19.1. The van der Waals surface area contributed by atoms with Crippen LogP contribution in [0.1, 0.15) is 70.6 Å². The largest absolute Gasteiger partial charge is 0.396 e. The second kappa shape index (κ2) is 7.22. The molecule has 0 aromatic heterocycles. The number of aliphatic hydroxyl groups excluding tert-OH is 2. The quantitative estimate of drug-likeness (QED) is 0.758. The van der Waals surface area contributed by atoms with E-state index in [1.54, 1.807) is 0 Å². The first-order valence-electron chi connectivity index (χ1n) is 10.4. The molecule has 4 aliphatic rings. The highest BCUT2D eigenvalue weighted by atomic mass is 16.6. The Morgan fingerprint density at radius 2 is 1.96 bits per heavy atom. The molecule has 2 N–H and O–H groups in total. The Kier molecular flexibility index (Phi) is 5.19. The molecule has 4 heteroatoms. The number of ether oxygens (including phenoxy) is 1. The number of nitrogens with zero attached hydrogens (tertiary/aromatic N) is 1. The molecule has 0 unspecified atom stereocenters. The van der Waals surface area contributed by atoms with Gasteiger partial charge in [0.2, 0.25) is 0 Å². The van der Waals surface area contributed by atoms with Gasteiger partial charge in [-0.3, -0.25) is 4.90 Å². The summed E-state index contributed by atoms with van der Waals surface area (Å²) in [4.78, 5) is 2.82. The van der Waals surface area contributed by atoms with Gasteiger partial charge in [0, 0.05) is 30.5 Å². The lowest BCUT2D eigenvalue weighted by Crippen LogP contribution is -2.68. The molecule has 4 fully saturated rings. The highest BCUT2D eigenvalue weighted by molar-refractivity contribution is 5.09. The zero-order valence-corrected chi connectivity index (χ0v) is 15.0. The van der Waals surface area contributed by atoms with Crippen molar-refractivity contribution < 1.29 is 14.9 Å². The third-order valence-corrected chi connectivity index (χ3v) is 7.51. The van der Waals surface area contributed by atoms with Crippen LogP contribution < -0.4 is 0 Å². The van der Waals surface area contributed by atoms with Crippen molar-refractivity contribution in [1.82, 2.24) is 4.90 Å². The van der Waals surface area contributed by atoms with E-state index in [9.17, 15) is 5.11 Å². The van der Waals surface area contributed by atoms with Gasteiger partial charge in [0.05, 0.1) is 6.10 Å². The van der Waals surface area contributed by atoms with Crippen LogP contribution in [0.2, 0.25) is 0 Å². The Hall–Kier alpha value is -0.160. The fourth-order valence-corrected chi connectivity index (χ4v) is 6.59. The second-order valence-corrected chi connectivity index (χ2v) is 8.90. The molecule has 4 nitrogen and oxygen atoms in total. The van der Waals surface area contributed by atoms with E-state index in [-0.39, 0.29) is 0 Å². The zero-order chi connectivity index (χ0) is 16.6. The standard InChI is InChI=1S/C20H35NO3/c22-13-3-1-2-6-15-7-5-12-21-14-20-10-4-8-16(18(15)21)19(20)24-17(23)9-11-20/h15-19,22-23H,1-14H2/t15-,16+,17+,18-,19+,20+/m1/s1. The van der Waals surface area contributed by atoms with E-state index in [1.807, 2.05) is 0 Å². The van der Waals surface area contributed by atoms with Crippen LogP contribution in [0.3, 0.4) is 0 Å². The average Bonchev–Trinajstić information content (AvgIpc) is 2.58. The van der Waals surface area contributed by atoms with Crippen molar-refractivity contribution in [3.8, 4) is 0 Å². The van der Waals surface area contributed by atoms with Crippen molar-refractivity contribution in [3.05, 3.63) is 0 Å². The van der Waals surface area contributed by atoms with Crippen molar-refractivity contribution in [2.75, 3.05) is 19.7 Å². The van der Waals surface area contributed by atoms with Gasteiger partial charge in [-0.25, -0.2) is 0 Å². The van der Waals surface area contributed by atoms with Crippen molar-refractivity contribution in [1.29, 1.82) is 0 Å². The van der Waals surface area contributed by atoms with Crippen LogP contribution in [0.4, 0.5) is 0 Å². The van der Waals surface area contributed by atoms with E-state index in [1.165, 1.54) is 58.0 Å². The van der Waals surface area contributed by atoms with E-state index in [0.29, 0.717) is 30.1 Å². The molecule has 0 radical (unpaired) electrons. The van der Waals surface area contributed by atoms with Crippen molar-refractivity contribution in [2.45, 2.75) is 89.1 Å². The number of hydrogen-bond donors (Lipinski definition) is 2. The topological polar surface area (TPSA) is 52.9 Å². The monoisotopic (exact) mass is 337 g/mol. The maximum Gasteiger partial charge on any atom is 0.154 e. The van der Waals surface area contributed by atoms with Crippen LogP contribution in [0.15, 0.2) is 0 Å². The molecular formula is C20H35NO3. The highest BCUT2D eigenvalue weighted by Crippen LogP contribution is 2.56. The molecule has 1 aliphatic carbocycles. The third-order valence-electron chi connectivity index (χ3n) is 7.51. The Morgan fingerprint density at radius 1 is 1.04 bits per heavy atom. The number of rotatable bonds is 5. The number of piperidine rings is 2. The van der Waals surface area contributed by atoms with E-state index in [0.717, 1.165) is 31.6 Å². The lowest BCUT2D eigenvalue weighted by Gasteiger charge is -2.63. The van der Waals surface area contributed by atoms with E-state index < -0.39 is 6.29 Å². The first-order valence-corrected chi connectivity index (χ1v) is 10.4. The Bertz CT molecular complexity index is 431. The van der Waals surface area contributed by atoms with Crippen LogP contribution in [-0.2, 0) is 4.74 Å². The molecule has 4 rings (SSSR count). The Balaban J connectivity index is 1.50. The molecule has 138 valence electrons. The fraction of sp³-hybridized carbons (Fsp3) is 1.00. The molecule has 3 heterocycles. The van der Waals surface area contributed by atoms with Crippen LogP contribution in [0.25, 0.3) is 0 Å². The van der Waals surface area contributed by atoms with Crippen LogP contribution in [0.5, 0.6) is 0 Å². The molecular weight excluding hydrogens is 302 g/mol. The molecule has 1 saturated carbocycles. The van der Waals surface area contributed by atoms with Crippen molar-refractivity contribution >= 4 is 0 Å². The number of aliphatic hydroxyl groups is 2. The minimum Gasteiger partial charge on any atom is -0.396 e. The van der Waals surface area contributed by atoms with E-state index in [4.69, 9.17) is 9.84 Å². The van der Waals surface area contributed by atoms with Gasteiger partial charge in [0.15, 0.2) is 6.29 Å². The summed E-state index contributed by atoms with van der Waals surface area (Å²) >= 11 is 0. The molecule has 0 aromatic carbocycles. The third kappa shape index (κ3) is 3.04. The highest BCUT2D eigenvalue weighted by Gasteiger charge is 2.58. The molecule has 2 bridgehead atoms. The first-order chi connectivity index (χ1) is 11.7. The summed E-state index contributed by atoms with van der Waals surface area (Å²) in [6, 6.07) is 0.677. The van der Waals surface area contributed by atoms with Crippen molar-refractivity contribution in [2.24, 2.45) is 17.3 Å². The Morgan fingerprint density at radius 3 is 2.83 bits per heavy atom. The van der Waals surface area contributed by atoms with Gasteiger partial charge in [-0.05, 0) is 63.8 Å². The lowest BCUT2D eigenvalue weighted by molar-refractivity contribution is -0.273. The normalized spacial score (nSPS) is 45.5. The number of fused-ring (bicyclic) bond motifs is 2. The van der Waals surface area contributed by atoms with E-state index in [2.05, 4.69) is 4.90 Å². The minimum absolute atomic E-state index is 0.300. The summed E-state index contributed by atoms with van der Waals surface area (Å²) in [6.07, 6.45) is 13.1. The second-order valence-electron chi connectivity index (χ2n) is 8.90. The van der Waals surface area contributed by atoms with Crippen LogP contribution in [0, 0.1) is 17.3 Å². The van der Waals surface area contributed by atoms with Gasteiger partial charge in [-0.2, -0.15) is 0 Å². The minimum atomic E-state index is -0.526. The fourth-order valence-electron chi connectivity index (χ4n) is 6.59. The summed E-state index contributed by atoms with van der Waals surface area (Å²) in [5.74, 6) is 1.42. The maximum atomic E-state index is 10.1. The van der Waals surface area contributed by atoms with E-state index >= 15 is 0 Å². The summed E-state index contributed by atoms with van der Waals surface area (Å²) in [7, 11) is 0. The molecule has 6 atom stereocenters. The molecule has 3 aliphatic heterocycles. The SMILES string of the molecule is OCCCCC[C@@H]1CCCN2C[C@@]34CCC[C@@H]([C@@H]12)[C@@H]3O[C@H](O)CC4. The number of unbranched alkanes of at least 4 members (excludes halogenated alkanes) is 2. The maximum absolute atomic E-state index is 10.1. The summed E-state index contributed by atoms with van der Waals surface area (Å²) in [5.41, 5.74) is 0.331.